The van der Waals surface area contributed by atoms with Gasteiger partial charge in [0.1, 0.15) is 5.60 Å². The van der Waals surface area contributed by atoms with Gasteiger partial charge in [-0.3, -0.25) is 0 Å². The fraction of sp³-hybridized carbons (Fsp3) is 0.588. The molecule has 2 rings (SSSR count). The van der Waals surface area contributed by atoms with Crippen LogP contribution >= 0.6 is 11.8 Å². The lowest BCUT2D eigenvalue weighted by Crippen LogP contribution is -2.42. The van der Waals surface area contributed by atoms with E-state index in [2.05, 4.69) is 0 Å². The highest BCUT2D eigenvalue weighted by Gasteiger charge is 2.31. The van der Waals surface area contributed by atoms with Crippen molar-refractivity contribution in [2.24, 2.45) is 0 Å². The zero-order valence-electron chi connectivity index (χ0n) is 14.0. The molecule has 1 aliphatic heterocycles. The summed E-state index contributed by atoms with van der Waals surface area (Å²) in [6.07, 6.45) is -3.18. The Hall–Kier alpha value is -1.37. The predicted molar refractivity (Wildman–Crippen MR) is 88.1 cm³/mol. The van der Waals surface area contributed by atoms with Crippen molar-refractivity contribution in [1.82, 2.24) is 4.90 Å². The van der Waals surface area contributed by atoms with Crippen LogP contribution in [0.2, 0.25) is 0 Å². The average molecular weight is 361 g/mol. The summed E-state index contributed by atoms with van der Waals surface area (Å²) in [4.78, 5) is 14.3. The number of halogens is 3. The quantitative estimate of drug-likeness (QED) is 0.725. The average Bonchev–Trinajstić information content (AvgIpc) is 2.45. The maximum Gasteiger partial charge on any atom is 0.416 e. The van der Waals surface area contributed by atoms with E-state index in [0.29, 0.717) is 18.0 Å². The Morgan fingerprint density at radius 1 is 1.21 bits per heavy atom. The molecule has 1 heterocycles. The fourth-order valence-corrected chi connectivity index (χ4v) is 3.60. The number of piperidine rings is 1. The number of ether oxygens (including phenoxy) is 1. The molecule has 1 aromatic rings. The Morgan fingerprint density at radius 3 is 2.38 bits per heavy atom. The van der Waals surface area contributed by atoms with Crippen molar-refractivity contribution in [3.8, 4) is 0 Å². The van der Waals surface area contributed by atoms with Gasteiger partial charge in [-0.2, -0.15) is 13.2 Å². The van der Waals surface area contributed by atoms with Crippen LogP contribution in [0.5, 0.6) is 0 Å². The molecule has 1 amide bonds. The monoisotopic (exact) mass is 361 g/mol. The van der Waals surface area contributed by atoms with Gasteiger partial charge in [0.05, 0.1) is 5.56 Å². The third kappa shape index (κ3) is 5.61. The molecule has 134 valence electrons. The third-order valence-electron chi connectivity index (χ3n) is 3.56. The minimum absolute atomic E-state index is 0.201. The molecule has 0 saturated carbocycles. The smallest absolute Gasteiger partial charge is 0.416 e. The zero-order valence-corrected chi connectivity index (χ0v) is 14.8. The maximum atomic E-state index is 12.8. The largest absolute Gasteiger partial charge is 0.444 e. The number of benzene rings is 1. The van der Waals surface area contributed by atoms with Crippen LogP contribution in [0.3, 0.4) is 0 Å². The molecule has 7 heteroatoms. The second kappa shape index (κ2) is 7.25. The van der Waals surface area contributed by atoms with Crippen LogP contribution in [-0.4, -0.2) is 34.9 Å². The number of hydrogen-bond acceptors (Lipinski definition) is 3. The zero-order chi connectivity index (χ0) is 18.0. The van der Waals surface area contributed by atoms with E-state index < -0.39 is 17.3 Å². The number of carbonyl (C=O) groups is 1. The van der Waals surface area contributed by atoms with Gasteiger partial charge in [-0.05, 0) is 51.8 Å². The second-order valence-electron chi connectivity index (χ2n) is 6.81. The summed E-state index contributed by atoms with van der Waals surface area (Å²) in [5.41, 5.74) is -1.15. The number of amides is 1. The normalized spacial score (nSPS) is 17.0. The number of hydrogen-bond donors (Lipinski definition) is 0. The third-order valence-corrected chi connectivity index (χ3v) is 4.89. The summed E-state index contributed by atoms with van der Waals surface area (Å²) < 4.78 is 43.6. The van der Waals surface area contributed by atoms with E-state index in [1.165, 1.54) is 23.9 Å². The van der Waals surface area contributed by atoms with Crippen molar-refractivity contribution < 1.29 is 22.7 Å². The molecule has 0 unspecified atom stereocenters. The second-order valence-corrected chi connectivity index (χ2v) is 8.18. The van der Waals surface area contributed by atoms with Gasteiger partial charge in [0.15, 0.2) is 0 Å². The molecule has 0 aliphatic carbocycles. The van der Waals surface area contributed by atoms with Crippen LogP contribution < -0.4 is 0 Å². The summed E-state index contributed by atoms with van der Waals surface area (Å²) in [5, 5.41) is 0.201. The number of rotatable bonds is 2. The summed E-state index contributed by atoms with van der Waals surface area (Å²) in [6.45, 7) is 6.58. The highest BCUT2D eigenvalue weighted by atomic mass is 32.2. The molecule has 0 spiro atoms. The molecular weight excluding hydrogens is 339 g/mol. The van der Waals surface area contributed by atoms with Crippen LogP contribution in [-0.2, 0) is 10.9 Å². The SMILES string of the molecule is CC(C)(C)OC(=O)N1CCC(Sc2cccc(C(F)(F)F)c2)CC1. The highest BCUT2D eigenvalue weighted by Crippen LogP contribution is 2.35. The summed E-state index contributed by atoms with van der Waals surface area (Å²) in [6, 6.07) is 5.39. The summed E-state index contributed by atoms with van der Waals surface area (Å²) >= 11 is 1.44. The molecule has 0 bridgehead atoms. The van der Waals surface area contributed by atoms with Crippen molar-refractivity contribution in [3.63, 3.8) is 0 Å². The lowest BCUT2D eigenvalue weighted by Gasteiger charge is -2.33. The van der Waals surface area contributed by atoms with Gasteiger partial charge in [0.2, 0.25) is 0 Å². The van der Waals surface area contributed by atoms with Crippen LogP contribution in [0.15, 0.2) is 29.2 Å². The first-order chi connectivity index (χ1) is 11.0. The highest BCUT2D eigenvalue weighted by molar-refractivity contribution is 8.00. The number of nitrogens with zero attached hydrogens (tertiary/aromatic N) is 1. The van der Waals surface area contributed by atoms with Crippen molar-refractivity contribution >= 4 is 17.9 Å². The van der Waals surface area contributed by atoms with Gasteiger partial charge in [-0.15, -0.1) is 11.8 Å². The van der Waals surface area contributed by atoms with Gasteiger partial charge in [-0.1, -0.05) is 6.07 Å². The molecule has 0 atom stereocenters. The van der Waals surface area contributed by atoms with E-state index >= 15 is 0 Å². The Balaban J connectivity index is 1.88. The minimum Gasteiger partial charge on any atom is -0.444 e. The van der Waals surface area contributed by atoms with Gasteiger partial charge in [-0.25, -0.2) is 4.79 Å². The Labute approximate surface area is 144 Å². The van der Waals surface area contributed by atoms with Gasteiger partial charge < -0.3 is 9.64 Å². The Kier molecular flexibility index (Phi) is 5.73. The van der Waals surface area contributed by atoms with Crippen LogP contribution in [0.25, 0.3) is 0 Å². The van der Waals surface area contributed by atoms with E-state index in [-0.39, 0.29) is 11.3 Å². The molecule has 1 saturated heterocycles. The van der Waals surface area contributed by atoms with E-state index in [9.17, 15) is 18.0 Å². The molecule has 0 N–H and O–H groups in total. The van der Waals surface area contributed by atoms with E-state index in [1.807, 2.05) is 20.8 Å². The molecule has 1 fully saturated rings. The molecule has 0 aromatic heterocycles. The van der Waals surface area contributed by atoms with Crippen LogP contribution in [0, 0.1) is 0 Å². The van der Waals surface area contributed by atoms with E-state index in [1.54, 1.807) is 11.0 Å². The lowest BCUT2D eigenvalue weighted by molar-refractivity contribution is -0.137. The number of alkyl halides is 3. The van der Waals surface area contributed by atoms with Gasteiger partial charge in [0, 0.05) is 23.2 Å². The molecule has 24 heavy (non-hydrogen) atoms. The molecule has 3 nitrogen and oxygen atoms in total. The van der Waals surface area contributed by atoms with Crippen LogP contribution in [0.1, 0.15) is 39.2 Å². The first kappa shape index (κ1) is 19.0. The molecule has 1 aromatic carbocycles. The van der Waals surface area contributed by atoms with Crippen LogP contribution in [0.4, 0.5) is 18.0 Å². The molecule has 0 radical (unpaired) electrons. The predicted octanol–water partition coefficient (Wildman–Crippen LogP) is 5.20. The first-order valence-electron chi connectivity index (χ1n) is 7.86. The maximum absolute atomic E-state index is 12.8. The number of thioether (sulfide) groups is 1. The van der Waals surface area contributed by atoms with Crippen molar-refractivity contribution in [2.75, 3.05) is 13.1 Å². The number of likely N-dealkylation sites (tertiary alicyclic amines) is 1. The van der Waals surface area contributed by atoms with Gasteiger partial charge in [0.25, 0.3) is 0 Å². The van der Waals surface area contributed by atoms with Crippen molar-refractivity contribution in [2.45, 2.75) is 55.5 Å². The summed E-state index contributed by atoms with van der Waals surface area (Å²) in [5.74, 6) is 0. The topological polar surface area (TPSA) is 29.5 Å². The Morgan fingerprint density at radius 2 is 1.83 bits per heavy atom. The molecular formula is C17H22F3NO2S. The van der Waals surface area contributed by atoms with Gasteiger partial charge >= 0.3 is 12.3 Å². The standard InChI is InChI=1S/C17H22F3NO2S/c1-16(2,3)23-15(22)21-9-7-13(8-10-21)24-14-6-4-5-12(11-14)17(18,19)20/h4-6,11,13H,7-10H2,1-3H3. The first-order valence-corrected chi connectivity index (χ1v) is 8.74. The fourth-order valence-electron chi connectivity index (χ4n) is 2.42. The minimum atomic E-state index is -4.32. The van der Waals surface area contributed by atoms with Crippen molar-refractivity contribution in [3.05, 3.63) is 29.8 Å². The number of carbonyl (C=O) groups excluding carboxylic acids is 1. The van der Waals surface area contributed by atoms with E-state index in [0.717, 1.165) is 18.9 Å². The van der Waals surface area contributed by atoms with E-state index in [4.69, 9.17) is 4.74 Å². The van der Waals surface area contributed by atoms with Crippen molar-refractivity contribution in [1.29, 1.82) is 0 Å². The molecule has 1 aliphatic rings. The Bertz CT molecular complexity index is 576. The summed E-state index contributed by atoms with van der Waals surface area (Å²) in [7, 11) is 0. The lowest BCUT2D eigenvalue weighted by atomic mass is 10.1.